The van der Waals surface area contributed by atoms with Crippen LogP contribution in [0.3, 0.4) is 0 Å². The van der Waals surface area contributed by atoms with Crippen molar-refractivity contribution in [3.05, 3.63) is 0 Å². The Morgan fingerprint density at radius 3 is 2.39 bits per heavy atom. The van der Waals surface area contributed by atoms with E-state index in [4.69, 9.17) is 0 Å². The summed E-state index contributed by atoms with van der Waals surface area (Å²) in [5.41, 5.74) is 0.579. The summed E-state index contributed by atoms with van der Waals surface area (Å²) in [6, 6.07) is 0.713. The van der Waals surface area contributed by atoms with Crippen LogP contribution in [0.1, 0.15) is 59.3 Å². The van der Waals surface area contributed by atoms with Gasteiger partial charge in [0.2, 0.25) is 0 Å². The second-order valence-corrected chi connectivity index (χ2v) is 6.95. The third-order valence-electron chi connectivity index (χ3n) is 4.87. The van der Waals surface area contributed by atoms with Gasteiger partial charge in [-0.2, -0.15) is 0 Å². The lowest BCUT2D eigenvalue weighted by molar-refractivity contribution is 0.117. The van der Waals surface area contributed by atoms with Crippen LogP contribution in [0.5, 0.6) is 0 Å². The Morgan fingerprint density at radius 2 is 1.89 bits per heavy atom. The predicted octanol–water partition coefficient (Wildman–Crippen LogP) is 3.28. The van der Waals surface area contributed by atoms with E-state index < -0.39 is 0 Å². The first-order chi connectivity index (χ1) is 8.65. The second kappa shape index (κ2) is 6.38. The van der Waals surface area contributed by atoms with Crippen molar-refractivity contribution in [3.63, 3.8) is 0 Å². The van der Waals surface area contributed by atoms with Gasteiger partial charge in [0.05, 0.1) is 0 Å². The van der Waals surface area contributed by atoms with Gasteiger partial charge in [0.15, 0.2) is 0 Å². The molecule has 2 aliphatic carbocycles. The van der Waals surface area contributed by atoms with Crippen molar-refractivity contribution in [3.8, 4) is 0 Å². The molecular weight excluding hydrogens is 220 g/mol. The maximum absolute atomic E-state index is 3.62. The van der Waals surface area contributed by atoms with Gasteiger partial charge >= 0.3 is 0 Å². The van der Waals surface area contributed by atoms with Gasteiger partial charge in [-0.05, 0) is 57.4 Å². The van der Waals surface area contributed by atoms with Gasteiger partial charge in [-0.25, -0.2) is 0 Å². The van der Waals surface area contributed by atoms with Crippen LogP contribution in [0, 0.1) is 11.3 Å². The molecule has 1 N–H and O–H groups in total. The minimum Gasteiger partial charge on any atom is -0.316 e. The van der Waals surface area contributed by atoms with Gasteiger partial charge < -0.3 is 10.2 Å². The molecule has 0 aromatic heterocycles. The maximum atomic E-state index is 3.62. The first-order valence-corrected chi connectivity index (χ1v) is 8.10. The largest absolute Gasteiger partial charge is 0.316 e. The van der Waals surface area contributed by atoms with E-state index in [1.54, 1.807) is 0 Å². The zero-order valence-electron chi connectivity index (χ0n) is 12.7. The third kappa shape index (κ3) is 3.96. The molecule has 2 heteroatoms. The van der Waals surface area contributed by atoms with Crippen molar-refractivity contribution in [1.82, 2.24) is 10.2 Å². The van der Waals surface area contributed by atoms with Crippen LogP contribution in [0.25, 0.3) is 0 Å². The molecule has 0 aromatic rings. The van der Waals surface area contributed by atoms with E-state index >= 15 is 0 Å². The molecule has 18 heavy (non-hydrogen) atoms. The number of hydrogen-bond donors (Lipinski definition) is 1. The highest BCUT2D eigenvalue weighted by Gasteiger charge is 2.37. The number of hydrogen-bond acceptors (Lipinski definition) is 2. The summed E-state index contributed by atoms with van der Waals surface area (Å²) in [6.07, 6.45) is 8.72. The van der Waals surface area contributed by atoms with Crippen molar-refractivity contribution in [1.29, 1.82) is 0 Å². The van der Waals surface area contributed by atoms with Gasteiger partial charge in [-0.1, -0.05) is 19.8 Å². The summed E-state index contributed by atoms with van der Waals surface area (Å²) in [5, 5.41) is 3.62. The highest BCUT2D eigenvalue weighted by Crippen LogP contribution is 2.40. The smallest absolute Gasteiger partial charge is 0.00530 e. The van der Waals surface area contributed by atoms with Crippen LogP contribution >= 0.6 is 0 Å². The molecule has 2 saturated carbocycles. The summed E-state index contributed by atoms with van der Waals surface area (Å²) in [5.74, 6) is 1.02. The third-order valence-corrected chi connectivity index (χ3v) is 4.87. The normalized spacial score (nSPS) is 23.2. The van der Waals surface area contributed by atoms with E-state index in [9.17, 15) is 0 Å². The molecule has 2 rings (SSSR count). The molecule has 2 nitrogen and oxygen atoms in total. The van der Waals surface area contributed by atoms with Crippen LogP contribution in [0.2, 0.25) is 0 Å². The van der Waals surface area contributed by atoms with Crippen LogP contribution in [0.4, 0.5) is 0 Å². The van der Waals surface area contributed by atoms with Crippen LogP contribution in [-0.2, 0) is 0 Å². The van der Waals surface area contributed by atoms with Crippen molar-refractivity contribution in [2.75, 3.05) is 26.2 Å². The molecule has 0 aliphatic heterocycles. The van der Waals surface area contributed by atoms with Gasteiger partial charge in [0, 0.05) is 25.7 Å². The van der Waals surface area contributed by atoms with E-state index in [0.29, 0.717) is 11.5 Å². The van der Waals surface area contributed by atoms with Crippen LogP contribution < -0.4 is 5.32 Å². The average Bonchev–Trinajstić information content (AvgIpc) is 3.04. The number of nitrogens with one attached hydrogen (secondary N) is 1. The molecule has 0 atom stereocenters. The van der Waals surface area contributed by atoms with Crippen LogP contribution in [-0.4, -0.2) is 37.1 Å². The van der Waals surface area contributed by atoms with Gasteiger partial charge in [-0.15, -0.1) is 0 Å². The Morgan fingerprint density at radius 1 is 1.22 bits per heavy atom. The molecule has 0 bridgehead atoms. The van der Waals surface area contributed by atoms with E-state index in [0.717, 1.165) is 12.5 Å². The topological polar surface area (TPSA) is 15.3 Å². The van der Waals surface area contributed by atoms with E-state index in [1.807, 2.05) is 0 Å². The molecule has 106 valence electrons. The molecular formula is C16H32N2. The summed E-state index contributed by atoms with van der Waals surface area (Å²) < 4.78 is 0. The molecule has 0 saturated heterocycles. The molecule has 0 amide bonds. The predicted molar refractivity (Wildman–Crippen MR) is 78.9 cm³/mol. The lowest BCUT2D eigenvalue weighted by atomic mass is 9.85. The van der Waals surface area contributed by atoms with Crippen molar-refractivity contribution >= 4 is 0 Å². The molecule has 0 heterocycles. The van der Waals surface area contributed by atoms with Crippen molar-refractivity contribution < 1.29 is 0 Å². The summed E-state index contributed by atoms with van der Waals surface area (Å²) in [6.45, 7) is 12.0. The fourth-order valence-electron chi connectivity index (χ4n) is 3.43. The lowest BCUT2D eigenvalue weighted by Gasteiger charge is -2.38. The summed E-state index contributed by atoms with van der Waals surface area (Å²) in [4.78, 5) is 2.76. The zero-order valence-corrected chi connectivity index (χ0v) is 12.7. The first kappa shape index (κ1) is 14.3. The standard InChI is InChI=1S/C16H32N2/c1-4-17-12-16(9-5-6-10-16)13-18(14(2)3)11-15-7-8-15/h14-15,17H,4-13H2,1-3H3. The minimum absolute atomic E-state index is 0.579. The summed E-state index contributed by atoms with van der Waals surface area (Å²) >= 11 is 0. The zero-order chi connectivity index (χ0) is 13.0. The molecule has 2 fully saturated rings. The Balaban J connectivity index is 1.91. The Kier molecular flexibility index (Phi) is 5.08. The molecule has 0 radical (unpaired) electrons. The SMILES string of the molecule is CCNCC1(CN(CC2CC2)C(C)C)CCCC1. The highest BCUT2D eigenvalue weighted by molar-refractivity contribution is 4.91. The quantitative estimate of drug-likeness (QED) is 0.713. The minimum atomic E-state index is 0.579. The lowest BCUT2D eigenvalue weighted by Crippen LogP contribution is -2.45. The average molecular weight is 252 g/mol. The van der Waals surface area contributed by atoms with Gasteiger partial charge in [-0.3, -0.25) is 0 Å². The van der Waals surface area contributed by atoms with E-state index in [1.165, 1.54) is 58.2 Å². The van der Waals surface area contributed by atoms with E-state index in [-0.39, 0.29) is 0 Å². The maximum Gasteiger partial charge on any atom is 0.00530 e. The Labute approximate surface area is 114 Å². The highest BCUT2D eigenvalue weighted by atomic mass is 15.2. The number of rotatable bonds is 8. The molecule has 0 aromatic carbocycles. The second-order valence-electron chi connectivity index (χ2n) is 6.95. The molecule has 2 aliphatic rings. The van der Waals surface area contributed by atoms with Crippen molar-refractivity contribution in [2.24, 2.45) is 11.3 Å². The number of nitrogens with zero attached hydrogens (tertiary/aromatic N) is 1. The van der Waals surface area contributed by atoms with Gasteiger partial charge in [0.1, 0.15) is 0 Å². The monoisotopic (exact) mass is 252 g/mol. The summed E-state index contributed by atoms with van der Waals surface area (Å²) in [7, 11) is 0. The molecule has 0 spiro atoms. The Bertz CT molecular complexity index is 239. The van der Waals surface area contributed by atoms with E-state index in [2.05, 4.69) is 31.0 Å². The fraction of sp³-hybridized carbons (Fsp3) is 1.00. The van der Waals surface area contributed by atoms with Gasteiger partial charge in [0.25, 0.3) is 0 Å². The molecule has 0 unspecified atom stereocenters. The van der Waals surface area contributed by atoms with Crippen molar-refractivity contribution in [2.45, 2.75) is 65.3 Å². The first-order valence-electron chi connectivity index (χ1n) is 8.10. The Hall–Kier alpha value is -0.0800. The van der Waals surface area contributed by atoms with Crippen LogP contribution in [0.15, 0.2) is 0 Å². The fourth-order valence-corrected chi connectivity index (χ4v) is 3.43.